The lowest BCUT2D eigenvalue weighted by atomic mass is 10.2. The molecule has 2 aromatic heterocycles. The van der Waals surface area contributed by atoms with Crippen LogP contribution in [0.5, 0.6) is 0 Å². The van der Waals surface area contributed by atoms with Crippen LogP contribution >= 0.6 is 11.8 Å². The van der Waals surface area contributed by atoms with Crippen LogP contribution in [0.1, 0.15) is 13.3 Å². The molecule has 1 atom stereocenters. The van der Waals surface area contributed by atoms with Crippen molar-refractivity contribution >= 4 is 27.5 Å². The number of hydrogen-bond donors (Lipinski definition) is 0. The number of carbonyl (C=O) groups is 1. The number of aromatic nitrogens is 4. The first-order valence-corrected chi connectivity index (χ1v) is 11.1. The molecule has 0 radical (unpaired) electrons. The van der Waals surface area contributed by atoms with Crippen molar-refractivity contribution in [3.8, 4) is 11.4 Å². The Hall–Kier alpha value is -1.94. The smallest absolute Gasteiger partial charge is 0.233 e. The molecule has 1 aliphatic rings. The van der Waals surface area contributed by atoms with Crippen molar-refractivity contribution in [2.24, 2.45) is 7.05 Å². The van der Waals surface area contributed by atoms with E-state index in [-0.39, 0.29) is 29.2 Å². The second kappa shape index (κ2) is 7.75. The molecule has 0 bridgehead atoms. The molecule has 0 aromatic carbocycles. The molecule has 0 unspecified atom stereocenters. The van der Waals surface area contributed by atoms with Gasteiger partial charge in [0.15, 0.2) is 20.8 Å². The molecule has 3 rings (SSSR count). The minimum Gasteiger partial charge on any atom is -0.338 e. The summed E-state index contributed by atoms with van der Waals surface area (Å²) in [6.45, 7) is 2.37. The second-order valence-corrected chi connectivity index (χ2v) is 9.30. The SMILES string of the molecule is CCN(C(=O)CSc1nnc(-c2ccncc2)n1C)[C@H]1CCS(=O)(=O)C1. The first-order chi connectivity index (χ1) is 12.4. The summed E-state index contributed by atoms with van der Waals surface area (Å²) < 4.78 is 25.2. The zero-order valence-corrected chi connectivity index (χ0v) is 16.3. The Morgan fingerprint density at radius 3 is 2.69 bits per heavy atom. The minimum atomic E-state index is -3.02. The summed E-state index contributed by atoms with van der Waals surface area (Å²) in [6, 6.07) is 3.48. The van der Waals surface area contributed by atoms with Gasteiger partial charge in [-0.1, -0.05) is 11.8 Å². The fraction of sp³-hybridized carbons (Fsp3) is 0.500. The van der Waals surface area contributed by atoms with Crippen molar-refractivity contribution in [3.05, 3.63) is 24.5 Å². The van der Waals surface area contributed by atoms with E-state index in [2.05, 4.69) is 15.2 Å². The second-order valence-electron chi connectivity index (χ2n) is 6.13. The molecule has 8 nitrogen and oxygen atoms in total. The molecular formula is C16H21N5O3S2. The number of hydrogen-bond acceptors (Lipinski definition) is 7. The van der Waals surface area contributed by atoms with E-state index in [4.69, 9.17) is 0 Å². The van der Waals surface area contributed by atoms with Crippen LogP contribution in [0.25, 0.3) is 11.4 Å². The van der Waals surface area contributed by atoms with Crippen LogP contribution in [-0.4, -0.2) is 68.8 Å². The molecule has 0 aliphatic carbocycles. The van der Waals surface area contributed by atoms with Crippen LogP contribution < -0.4 is 0 Å². The van der Waals surface area contributed by atoms with Gasteiger partial charge in [-0.15, -0.1) is 10.2 Å². The molecule has 1 aliphatic heterocycles. The summed E-state index contributed by atoms with van der Waals surface area (Å²) in [4.78, 5) is 18.2. The highest BCUT2D eigenvalue weighted by Gasteiger charge is 2.33. The lowest BCUT2D eigenvalue weighted by Crippen LogP contribution is -2.42. The topological polar surface area (TPSA) is 98.1 Å². The summed E-state index contributed by atoms with van der Waals surface area (Å²) in [5.74, 6) is 1.05. The lowest BCUT2D eigenvalue weighted by Gasteiger charge is -2.26. The minimum absolute atomic E-state index is 0.0629. The molecule has 0 spiro atoms. The molecule has 0 N–H and O–H groups in total. The largest absolute Gasteiger partial charge is 0.338 e. The Morgan fingerprint density at radius 1 is 1.35 bits per heavy atom. The van der Waals surface area contributed by atoms with Crippen molar-refractivity contribution in [1.29, 1.82) is 0 Å². The van der Waals surface area contributed by atoms with Crippen molar-refractivity contribution < 1.29 is 13.2 Å². The predicted molar refractivity (Wildman–Crippen MR) is 99.4 cm³/mol. The van der Waals surface area contributed by atoms with Gasteiger partial charge in [0.25, 0.3) is 0 Å². The van der Waals surface area contributed by atoms with Gasteiger partial charge in [0.2, 0.25) is 5.91 Å². The first-order valence-electron chi connectivity index (χ1n) is 8.33. The average molecular weight is 396 g/mol. The summed E-state index contributed by atoms with van der Waals surface area (Å²) in [7, 11) is -1.17. The highest BCUT2D eigenvalue weighted by Crippen LogP contribution is 2.24. The Labute approximate surface area is 156 Å². The molecule has 0 saturated carbocycles. The van der Waals surface area contributed by atoms with E-state index in [0.29, 0.717) is 23.9 Å². The van der Waals surface area contributed by atoms with Crippen LogP contribution in [0.4, 0.5) is 0 Å². The van der Waals surface area contributed by atoms with E-state index < -0.39 is 9.84 Å². The van der Waals surface area contributed by atoms with Gasteiger partial charge in [0.05, 0.1) is 17.3 Å². The predicted octanol–water partition coefficient (Wildman–Crippen LogP) is 1.00. The number of pyridine rings is 1. The number of nitrogens with zero attached hydrogens (tertiary/aromatic N) is 5. The van der Waals surface area contributed by atoms with Gasteiger partial charge in [-0.05, 0) is 25.5 Å². The van der Waals surface area contributed by atoms with Crippen molar-refractivity contribution in [2.75, 3.05) is 23.8 Å². The van der Waals surface area contributed by atoms with Crippen molar-refractivity contribution in [3.63, 3.8) is 0 Å². The molecule has 2 aromatic rings. The molecule has 26 heavy (non-hydrogen) atoms. The van der Waals surface area contributed by atoms with Gasteiger partial charge in [-0.25, -0.2) is 8.42 Å². The first kappa shape index (κ1) is 18.8. The summed E-state index contributed by atoms with van der Waals surface area (Å²) in [6.07, 6.45) is 3.90. The van der Waals surface area contributed by atoms with Crippen LogP contribution in [0.3, 0.4) is 0 Å². The van der Waals surface area contributed by atoms with E-state index in [9.17, 15) is 13.2 Å². The molecule has 10 heteroatoms. The quantitative estimate of drug-likeness (QED) is 0.673. The van der Waals surface area contributed by atoms with Gasteiger partial charge < -0.3 is 9.47 Å². The number of sulfone groups is 1. The van der Waals surface area contributed by atoms with Crippen molar-refractivity contribution in [1.82, 2.24) is 24.6 Å². The third-order valence-electron chi connectivity index (χ3n) is 4.41. The Morgan fingerprint density at radius 2 is 2.08 bits per heavy atom. The normalized spacial score (nSPS) is 18.8. The maximum atomic E-state index is 12.6. The molecule has 140 valence electrons. The summed E-state index contributed by atoms with van der Waals surface area (Å²) >= 11 is 1.31. The number of rotatable bonds is 6. The Kier molecular flexibility index (Phi) is 5.61. The lowest BCUT2D eigenvalue weighted by molar-refractivity contribution is -0.129. The zero-order chi connectivity index (χ0) is 18.7. The van der Waals surface area contributed by atoms with E-state index in [1.807, 2.05) is 30.7 Å². The average Bonchev–Trinajstić information content (AvgIpc) is 3.17. The Bertz CT molecular complexity index is 883. The third kappa shape index (κ3) is 4.07. The van der Waals surface area contributed by atoms with E-state index in [1.165, 1.54) is 11.8 Å². The van der Waals surface area contributed by atoms with Gasteiger partial charge in [-0.2, -0.15) is 0 Å². The molecule has 1 amide bonds. The van der Waals surface area contributed by atoms with E-state index >= 15 is 0 Å². The highest BCUT2D eigenvalue weighted by atomic mass is 32.2. The fourth-order valence-corrected chi connectivity index (χ4v) is 5.59. The summed E-state index contributed by atoms with van der Waals surface area (Å²) in [5.41, 5.74) is 0.902. The highest BCUT2D eigenvalue weighted by molar-refractivity contribution is 7.99. The van der Waals surface area contributed by atoms with Gasteiger partial charge in [-0.3, -0.25) is 9.78 Å². The van der Waals surface area contributed by atoms with Crippen LogP contribution in [-0.2, 0) is 21.7 Å². The monoisotopic (exact) mass is 395 g/mol. The van der Waals surface area contributed by atoms with E-state index in [1.54, 1.807) is 17.3 Å². The summed E-state index contributed by atoms with van der Waals surface area (Å²) in [5, 5.41) is 8.98. The fourth-order valence-electron chi connectivity index (χ4n) is 3.06. The number of thioether (sulfide) groups is 1. The van der Waals surface area contributed by atoms with Gasteiger partial charge in [0, 0.05) is 37.6 Å². The number of carbonyl (C=O) groups excluding carboxylic acids is 1. The van der Waals surface area contributed by atoms with Crippen LogP contribution in [0.15, 0.2) is 29.7 Å². The Balaban J connectivity index is 1.65. The van der Waals surface area contributed by atoms with Crippen molar-refractivity contribution in [2.45, 2.75) is 24.5 Å². The molecule has 1 fully saturated rings. The van der Waals surface area contributed by atoms with Crippen LogP contribution in [0, 0.1) is 0 Å². The maximum Gasteiger partial charge on any atom is 0.233 e. The number of amides is 1. The van der Waals surface area contributed by atoms with E-state index in [0.717, 1.165) is 5.56 Å². The van der Waals surface area contributed by atoms with Gasteiger partial charge in [0.1, 0.15) is 0 Å². The standard InChI is InChI=1S/C16H21N5O3S2/c1-3-21(13-6-9-26(23,24)11-13)14(22)10-25-16-19-18-15(20(16)2)12-4-7-17-8-5-12/h4-5,7-8,13H,3,6,9-11H2,1-2H3/t13-/m0/s1. The van der Waals surface area contributed by atoms with Gasteiger partial charge >= 0.3 is 0 Å². The maximum absolute atomic E-state index is 12.6. The van der Waals surface area contributed by atoms with Crippen LogP contribution in [0.2, 0.25) is 0 Å². The molecule has 3 heterocycles. The zero-order valence-electron chi connectivity index (χ0n) is 14.7. The molecule has 1 saturated heterocycles. The molecular weight excluding hydrogens is 374 g/mol. The third-order valence-corrected chi connectivity index (χ3v) is 7.16.